The van der Waals surface area contributed by atoms with Crippen molar-refractivity contribution in [3.63, 3.8) is 0 Å². The molecule has 2 aromatic heterocycles. The maximum absolute atomic E-state index is 13.6. The summed E-state index contributed by atoms with van der Waals surface area (Å²) in [7, 11) is 0. The Morgan fingerprint density at radius 2 is 1.86 bits per heavy atom. The molecular formula is C27H23F3N4O3. The summed E-state index contributed by atoms with van der Waals surface area (Å²) in [5.41, 5.74) is 0.884. The molecule has 1 saturated heterocycles. The molecule has 190 valence electrons. The molecule has 0 unspecified atom stereocenters. The van der Waals surface area contributed by atoms with Crippen LogP contribution in [-0.4, -0.2) is 38.0 Å². The molecule has 5 rings (SSSR count). The van der Waals surface area contributed by atoms with E-state index in [1.54, 1.807) is 52.2 Å². The number of carbonyl (C=O) groups is 1. The smallest absolute Gasteiger partial charge is 0.416 e. The molecule has 7 nitrogen and oxygen atoms in total. The number of benzene rings is 2. The van der Waals surface area contributed by atoms with E-state index in [0.717, 1.165) is 6.07 Å². The lowest BCUT2D eigenvalue weighted by Crippen LogP contribution is -2.31. The van der Waals surface area contributed by atoms with Crippen LogP contribution in [0.15, 0.2) is 84.4 Å². The number of nitrogens with zero attached hydrogens (tertiary/aromatic N) is 4. The van der Waals surface area contributed by atoms with Crippen molar-refractivity contribution in [1.82, 2.24) is 19.0 Å². The first-order valence-electron chi connectivity index (χ1n) is 11.6. The molecule has 1 fully saturated rings. The molecule has 3 heterocycles. The molecule has 2 aromatic carbocycles. The first-order chi connectivity index (χ1) is 17.8. The maximum Gasteiger partial charge on any atom is 0.416 e. The third-order valence-corrected chi connectivity index (χ3v) is 6.50. The Labute approximate surface area is 210 Å². The van der Waals surface area contributed by atoms with Crippen LogP contribution in [-0.2, 0) is 17.6 Å². The predicted molar refractivity (Wildman–Crippen MR) is 132 cm³/mol. The minimum Gasteiger partial charge on any atom is -0.489 e. The van der Waals surface area contributed by atoms with Gasteiger partial charge in [0.15, 0.2) is 0 Å². The minimum atomic E-state index is -4.47. The van der Waals surface area contributed by atoms with Crippen molar-refractivity contribution in [2.45, 2.75) is 25.2 Å². The van der Waals surface area contributed by atoms with Gasteiger partial charge in [0.05, 0.1) is 34.5 Å². The highest BCUT2D eigenvalue weighted by Gasteiger charge is 2.33. The van der Waals surface area contributed by atoms with Crippen molar-refractivity contribution in [1.29, 1.82) is 0 Å². The zero-order valence-electron chi connectivity index (χ0n) is 19.7. The summed E-state index contributed by atoms with van der Waals surface area (Å²) in [6, 6.07) is 13.4. The number of amides is 1. The fraction of sp³-hybridized carbons (Fsp3) is 0.222. The lowest BCUT2D eigenvalue weighted by Gasteiger charge is -2.15. The van der Waals surface area contributed by atoms with Gasteiger partial charge in [-0.2, -0.15) is 13.2 Å². The number of alkyl halides is 3. The molecular weight excluding hydrogens is 485 g/mol. The average molecular weight is 509 g/mol. The molecule has 1 aliphatic heterocycles. The summed E-state index contributed by atoms with van der Waals surface area (Å²) in [4.78, 5) is 31.5. The Bertz CT molecular complexity index is 1520. The number of hydrogen-bond donors (Lipinski definition) is 0. The van der Waals surface area contributed by atoms with Crippen molar-refractivity contribution in [3.05, 3.63) is 101 Å². The number of pyridine rings is 1. The van der Waals surface area contributed by atoms with E-state index >= 15 is 0 Å². The van der Waals surface area contributed by atoms with Crippen LogP contribution >= 0.6 is 0 Å². The number of likely N-dealkylation sites (tertiary alicyclic amines) is 1. The van der Waals surface area contributed by atoms with Crippen LogP contribution < -0.4 is 10.4 Å². The summed E-state index contributed by atoms with van der Waals surface area (Å²) in [6.45, 7) is 4.22. The third kappa shape index (κ3) is 4.62. The standard InChI is InChI=1S/C27H23F3N4O3/c1-2-25(35)32-14-12-20(16-32)34-23-11-13-31-15-24(23)33(26(34)36)19-7-9-21(10-8-19)37-17-18-5-3-4-6-22(18)27(28,29)30/h2-11,13,15,20H,1,12,14,16-17H2/t20-/m1/s1. The van der Waals surface area contributed by atoms with Crippen LogP contribution in [0.1, 0.15) is 23.6 Å². The molecule has 0 aliphatic carbocycles. The van der Waals surface area contributed by atoms with Crippen molar-refractivity contribution in [2.24, 2.45) is 0 Å². The second kappa shape index (κ2) is 9.61. The SMILES string of the molecule is C=CC(=O)N1CC[C@@H](n2c(=O)n(-c3ccc(OCc4ccccc4C(F)(F)F)cc3)c3cnccc32)C1. The van der Waals surface area contributed by atoms with Crippen LogP contribution in [0.4, 0.5) is 13.2 Å². The van der Waals surface area contributed by atoms with Gasteiger partial charge >= 0.3 is 11.9 Å². The highest BCUT2D eigenvalue weighted by Crippen LogP contribution is 2.32. The van der Waals surface area contributed by atoms with E-state index in [2.05, 4.69) is 11.6 Å². The van der Waals surface area contributed by atoms with E-state index in [4.69, 9.17) is 4.74 Å². The number of aromatic nitrogens is 3. The molecule has 0 saturated carbocycles. The first kappa shape index (κ1) is 24.4. The van der Waals surface area contributed by atoms with Crippen LogP contribution in [0.2, 0.25) is 0 Å². The molecule has 1 amide bonds. The fourth-order valence-corrected chi connectivity index (χ4v) is 4.73. The predicted octanol–water partition coefficient (Wildman–Crippen LogP) is 4.74. The van der Waals surface area contributed by atoms with E-state index in [1.807, 2.05) is 0 Å². The summed E-state index contributed by atoms with van der Waals surface area (Å²) in [5, 5.41) is 0. The second-order valence-electron chi connectivity index (χ2n) is 8.72. The van der Waals surface area contributed by atoms with E-state index < -0.39 is 11.7 Å². The second-order valence-corrected chi connectivity index (χ2v) is 8.72. The Hall–Kier alpha value is -4.34. The summed E-state index contributed by atoms with van der Waals surface area (Å²) < 4.78 is 48.6. The molecule has 0 bridgehead atoms. The van der Waals surface area contributed by atoms with Gasteiger partial charge in [0.25, 0.3) is 0 Å². The number of rotatable bonds is 6. The van der Waals surface area contributed by atoms with Gasteiger partial charge in [0.1, 0.15) is 12.4 Å². The normalized spacial score (nSPS) is 15.8. The van der Waals surface area contributed by atoms with Gasteiger partial charge < -0.3 is 9.64 Å². The molecule has 1 aliphatic rings. The lowest BCUT2D eigenvalue weighted by atomic mass is 10.1. The van der Waals surface area contributed by atoms with Crippen LogP contribution in [0.3, 0.4) is 0 Å². The Kier molecular flexibility index (Phi) is 6.32. The molecule has 0 N–H and O–H groups in total. The van der Waals surface area contributed by atoms with Gasteiger partial charge in [-0.15, -0.1) is 0 Å². The number of carbonyl (C=O) groups excluding carboxylic acids is 1. The molecule has 4 aromatic rings. The number of halogens is 3. The Morgan fingerprint density at radius 3 is 2.59 bits per heavy atom. The summed E-state index contributed by atoms with van der Waals surface area (Å²) in [5.74, 6) is 0.194. The van der Waals surface area contributed by atoms with Gasteiger partial charge in [-0.05, 0) is 48.9 Å². The number of fused-ring (bicyclic) bond motifs is 1. The topological polar surface area (TPSA) is 69.4 Å². The quantitative estimate of drug-likeness (QED) is 0.353. The van der Waals surface area contributed by atoms with Crippen molar-refractivity contribution >= 4 is 16.9 Å². The first-order valence-corrected chi connectivity index (χ1v) is 11.6. The molecule has 0 radical (unpaired) electrons. The van der Waals surface area contributed by atoms with Gasteiger partial charge in [0, 0.05) is 24.8 Å². The largest absolute Gasteiger partial charge is 0.489 e. The Morgan fingerprint density at radius 1 is 1.11 bits per heavy atom. The lowest BCUT2D eigenvalue weighted by molar-refractivity contribution is -0.138. The van der Waals surface area contributed by atoms with Gasteiger partial charge in [0.2, 0.25) is 5.91 Å². The van der Waals surface area contributed by atoms with Gasteiger partial charge in [-0.3, -0.25) is 18.9 Å². The zero-order valence-corrected chi connectivity index (χ0v) is 19.7. The van der Waals surface area contributed by atoms with Crippen LogP contribution in [0.5, 0.6) is 5.75 Å². The van der Waals surface area contributed by atoms with Gasteiger partial charge in [-0.1, -0.05) is 24.8 Å². The highest BCUT2D eigenvalue weighted by molar-refractivity contribution is 5.87. The number of ether oxygens (including phenoxy) is 1. The zero-order chi connectivity index (χ0) is 26.2. The molecule has 1 atom stereocenters. The summed E-state index contributed by atoms with van der Waals surface area (Å²) in [6.07, 6.45) is 0.645. The van der Waals surface area contributed by atoms with Crippen molar-refractivity contribution in [2.75, 3.05) is 13.1 Å². The molecule has 0 spiro atoms. The molecule has 10 heteroatoms. The number of imidazole rings is 1. The molecule has 37 heavy (non-hydrogen) atoms. The van der Waals surface area contributed by atoms with E-state index in [1.165, 1.54) is 28.8 Å². The third-order valence-electron chi connectivity index (χ3n) is 6.50. The summed E-state index contributed by atoms with van der Waals surface area (Å²) >= 11 is 0. The van der Waals surface area contributed by atoms with Crippen molar-refractivity contribution in [3.8, 4) is 11.4 Å². The average Bonchev–Trinajstić information content (AvgIpc) is 3.49. The van der Waals surface area contributed by atoms with Gasteiger partial charge in [-0.25, -0.2) is 4.79 Å². The highest BCUT2D eigenvalue weighted by atomic mass is 19.4. The fourth-order valence-electron chi connectivity index (χ4n) is 4.73. The van der Waals surface area contributed by atoms with E-state index in [-0.39, 0.29) is 29.8 Å². The maximum atomic E-state index is 13.6. The minimum absolute atomic E-state index is 0.0324. The monoisotopic (exact) mass is 508 g/mol. The van der Waals surface area contributed by atoms with E-state index in [9.17, 15) is 22.8 Å². The number of hydrogen-bond acceptors (Lipinski definition) is 4. The Balaban J connectivity index is 1.42. The van der Waals surface area contributed by atoms with Crippen LogP contribution in [0, 0.1) is 0 Å². The van der Waals surface area contributed by atoms with Crippen LogP contribution in [0.25, 0.3) is 16.7 Å². The van der Waals surface area contributed by atoms with E-state index in [0.29, 0.717) is 42.0 Å². The van der Waals surface area contributed by atoms with Crippen molar-refractivity contribution < 1.29 is 22.7 Å².